The summed E-state index contributed by atoms with van der Waals surface area (Å²) in [5, 5.41) is 4.40. The third kappa shape index (κ3) is 4.31. The molecular formula is C26H26ClFN6O4S2. The fraction of sp³-hybridized carbons (Fsp3) is 0.346. The Balaban J connectivity index is 1.39. The Morgan fingerprint density at radius 2 is 1.60 bits per heavy atom. The van der Waals surface area contributed by atoms with Gasteiger partial charge in [0, 0.05) is 19.6 Å². The SMILES string of the molecule is CC(C)S(=O)(=O)c1ccc(S(=O)(=O)n2nc(N3CCN(c4ncc(Cl)cn4)CC34CC4)c3c(F)cccc32)cc1. The number of fused-ring (bicyclic) bond motifs is 1. The Morgan fingerprint density at radius 3 is 2.23 bits per heavy atom. The molecule has 3 heterocycles. The van der Waals surface area contributed by atoms with Crippen LogP contribution in [0.3, 0.4) is 0 Å². The van der Waals surface area contributed by atoms with Crippen LogP contribution in [0.4, 0.5) is 16.2 Å². The van der Waals surface area contributed by atoms with E-state index < -0.39 is 30.9 Å². The number of rotatable bonds is 6. The molecule has 14 heteroatoms. The summed E-state index contributed by atoms with van der Waals surface area (Å²) in [5.41, 5.74) is -0.264. The molecule has 1 aliphatic heterocycles. The van der Waals surface area contributed by atoms with Crippen molar-refractivity contribution in [2.45, 2.75) is 47.3 Å². The number of nitrogens with zero attached hydrogens (tertiary/aromatic N) is 6. The summed E-state index contributed by atoms with van der Waals surface area (Å²) in [6.45, 7) is 4.65. The number of halogens is 2. The van der Waals surface area contributed by atoms with Gasteiger partial charge >= 0.3 is 0 Å². The van der Waals surface area contributed by atoms with Crippen molar-refractivity contribution in [3.05, 3.63) is 65.7 Å². The lowest BCUT2D eigenvalue weighted by Crippen LogP contribution is -2.56. The molecule has 2 aromatic heterocycles. The number of benzene rings is 2. The van der Waals surface area contributed by atoms with Crippen LogP contribution >= 0.6 is 11.6 Å². The average Bonchev–Trinajstić information content (AvgIpc) is 3.57. The van der Waals surface area contributed by atoms with E-state index in [9.17, 15) is 16.8 Å². The number of piperazine rings is 1. The molecule has 0 atom stereocenters. The van der Waals surface area contributed by atoms with Gasteiger partial charge in [-0.15, -0.1) is 5.10 Å². The lowest BCUT2D eigenvalue weighted by molar-refractivity contribution is 0.498. The van der Waals surface area contributed by atoms with E-state index in [1.54, 1.807) is 13.8 Å². The Morgan fingerprint density at radius 1 is 0.950 bits per heavy atom. The van der Waals surface area contributed by atoms with Crippen molar-refractivity contribution in [2.24, 2.45) is 0 Å². The van der Waals surface area contributed by atoms with Crippen molar-refractivity contribution in [3.8, 4) is 0 Å². The fourth-order valence-corrected chi connectivity index (χ4v) is 7.58. The van der Waals surface area contributed by atoms with Gasteiger partial charge in [-0.2, -0.15) is 12.5 Å². The van der Waals surface area contributed by atoms with Crippen molar-refractivity contribution in [1.29, 1.82) is 0 Å². The normalized spacial score (nSPS) is 17.2. The summed E-state index contributed by atoms with van der Waals surface area (Å²) in [7, 11) is -7.86. The molecular weight excluding hydrogens is 579 g/mol. The van der Waals surface area contributed by atoms with Crippen LogP contribution in [0.2, 0.25) is 5.02 Å². The zero-order chi connectivity index (χ0) is 28.4. The third-order valence-electron chi connectivity index (χ3n) is 7.53. The van der Waals surface area contributed by atoms with Crippen LogP contribution < -0.4 is 9.80 Å². The first-order valence-electron chi connectivity index (χ1n) is 12.7. The molecule has 2 aliphatic rings. The molecule has 0 bridgehead atoms. The first-order valence-corrected chi connectivity index (χ1v) is 16.1. The highest BCUT2D eigenvalue weighted by Crippen LogP contribution is 2.48. The van der Waals surface area contributed by atoms with Gasteiger partial charge in [0.2, 0.25) is 5.95 Å². The molecule has 4 aromatic rings. The second-order valence-corrected chi connectivity index (χ2v) is 15.1. The van der Waals surface area contributed by atoms with Gasteiger partial charge in [0.15, 0.2) is 15.7 Å². The smallest absolute Gasteiger partial charge is 0.283 e. The highest BCUT2D eigenvalue weighted by molar-refractivity contribution is 7.92. The lowest BCUT2D eigenvalue weighted by Gasteiger charge is -2.42. The molecule has 10 nitrogen and oxygen atoms in total. The topological polar surface area (TPSA) is 118 Å². The van der Waals surface area contributed by atoms with Gasteiger partial charge < -0.3 is 9.80 Å². The molecule has 2 fully saturated rings. The largest absolute Gasteiger partial charge is 0.345 e. The highest BCUT2D eigenvalue weighted by Gasteiger charge is 2.53. The molecule has 1 saturated carbocycles. The summed E-state index contributed by atoms with van der Waals surface area (Å²) < 4.78 is 68.7. The molecule has 40 heavy (non-hydrogen) atoms. The summed E-state index contributed by atoms with van der Waals surface area (Å²) in [5.74, 6) is 0.221. The molecule has 1 aliphatic carbocycles. The molecule has 1 spiro atoms. The minimum atomic E-state index is -4.28. The Hall–Kier alpha value is -3.29. The van der Waals surface area contributed by atoms with Crippen molar-refractivity contribution in [1.82, 2.24) is 19.2 Å². The predicted molar refractivity (Wildman–Crippen MR) is 150 cm³/mol. The zero-order valence-corrected chi connectivity index (χ0v) is 24.1. The quantitative estimate of drug-likeness (QED) is 0.323. The van der Waals surface area contributed by atoms with E-state index in [1.165, 1.54) is 54.9 Å². The van der Waals surface area contributed by atoms with E-state index in [0.29, 0.717) is 30.6 Å². The molecule has 0 unspecified atom stereocenters. The molecule has 0 radical (unpaired) electrons. The standard InChI is InChI=1S/C26H26ClFN6O4S2/c1-17(2)39(35,36)19-6-8-20(9-7-19)40(37,38)34-22-5-3-4-21(28)23(22)24(31-34)33-13-12-32(16-26(33)10-11-26)25-29-14-18(27)15-30-25/h3-9,14-15,17H,10-13,16H2,1-2H3. The van der Waals surface area contributed by atoms with Crippen LogP contribution in [-0.4, -0.2) is 66.4 Å². The van der Waals surface area contributed by atoms with E-state index in [4.69, 9.17) is 11.6 Å². The van der Waals surface area contributed by atoms with E-state index >= 15 is 4.39 Å². The number of sulfone groups is 1. The van der Waals surface area contributed by atoms with Gasteiger partial charge in [0.1, 0.15) is 5.82 Å². The molecule has 210 valence electrons. The van der Waals surface area contributed by atoms with E-state index in [-0.39, 0.29) is 32.1 Å². The van der Waals surface area contributed by atoms with Crippen LogP contribution in [0.15, 0.2) is 64.6 Å². The molecule has 0 amide bonds. The van der Waals surface area contributed by atoms with Gasteiger partial charge in [-0.3, -0.25) is 0 Å². The van der Waals surface area contributed by atoms with Crippen LogP contribution in [0.5, 0.6) is 0 Å². The van der Waals surface area contributed by atoms with Crippen LogP contribution in [0.25, 0.3) is 10.9 Å². The van der Waals surface area contributed by atoms with Gasteiger partial charge in [-0.1, -0.05) is 17.7 Å². The van der Waals surface area contributed by atoms with E-state index in [1.807, 2.05) is 9.80 Å². The maximum absolute atomic E-state index is 15.3. The van der Waals surface area contributed by atoms with Crippen molar-refractivity contribution in [2.75, 3.05) is 29.4 Å². The summed E-state index contributed by atoms with van der Waals surface area (Å²) in [4.78, 5) is 12.6. The van der Waals surface area contributed by atoms with Gasteiger partial charge in [-0.25, -0.2) is 22.8 Å². The number of hydrogen-bond acceptors (Lipinski definition) is 9. The molecule has 2 aromatic carbocycles. The van der Waals surface area contributed by atoms with Gasteiger partial charge in [0.25, 0.3) is 10.0 Å². The minimum Gasteiger partial charge on any atom is -0.345 e. The fourth-order valence-electron chi connectivity index (χ4n) is 5.15. The van der Waals surface area contributed by atoms with Crippen molar-refractivity contribution >= 4 is 54.1 Å². The monoisotopic (exact) mass is 604 g/mol. The number of aromatic nitrogens is 4. The number of anilines is 2. The minimum absolute atomic E-state index is 0.0247. The van der Waals surface area contributed by atoms with Crippen molar-refractivity contribution < 1.29 is 21.2 Å². The third-order valence-corrected chi connectivity index (χ3v) is 11.5. The Bertz CT molecular complexity index is 1820. The summed E-state index contributed by atoms with van der Waals surface area (Å²) >= 11 is 5.94. The highest BCUT2D eigenvalue weighted by atomic mass is 35.5. The van der Waals surface area contributed by atoms with E-state index in [0.717, 1.165) is 16.9 Å². The van der Waals surface area contributed by atoms with Crippen LogP contribution in [0.1, 0.15) is 26.7 Å². The zero-order valence-electron chi connectivity index (χ0n) is 21.7. The van der Waals surface area contributed by atoms with Gasteiger partial charge in [0.05, 0.1) is 48.9 Å². The predicted octanol–water partition coefficient (Wildman–Crippen LogP) is 3.90. The average molecular weight is 605 g/mol. The lowest BCUT2D eigenvalue weighted by atomic mass is 10.1. The second-order valence-electron chi connectivity index (χ2n) is 10.4. The maximum Gasteiger partial charge on any atom is 0.283 e. The second kappa shape index (κ2) is 9.38. The first-order chi connectivity index (χ1) is 18.9. The maximum atomic E-state index is 15.3. The van der Waals surface area contributed by atoms with E-state index in [2.05, 4.69) is 15.1 Å². The Labute approximate surface area is 236 Å². The number of hydrogen-bond donors (Lipinski definition) is 0. The molecule has 6 rings (SSSR count). The first kappa shape index (κ1) is 26.9. The molecule has 1 saturated heterocycles. The van der Waals surface area contributed by atoms with Gasteiger partial charge in [-0.05, 0) is 63.1 Å². The van der Waals surface area contributed by atoms with Crippen molar-refractivity contribution in [3.63, 3.8) is 0 Å². The van der Waals surface area contributed by atoms with Crippen LogP contribution in [0, 0.1) is 5.82 Å². The summed E-state index contributed by atoms with van der Waals surface area (Å²) in [6, 6.07) is 9.26. The Kier molecular flexibility index (Phi) is 6.31. The molecule has 0 N–H and O–H groups in total. The van der Waals surface area contributed by atoms with Crippen LogP contribution in [-0.2, 0) is 19.9 Å². The summed E-state index contributed by atoms with van der Waals surface area (Å²) in [6.07, 6.45) is 4.71.